The van der Waals surface area contributed by atoms with Crippen molar-refractivity contribution in [2.24, 2.45) is 0 Å². The normalized spacial score (nSPS) is 12.5. The molecule has 0 saturated heterocycles. The van der Waals surface area contributed by atoms with Gasteiger partial charge in [0.2, 0.25) is 0 Å². The van der Waals surface area contributed by atoms with E-state index in [4.69, 9.17) is 27.9 Å². The number of halogens is 2. The molecule has 0 aromatic heterocycles. The summed E-state index contributed by atoms with van der Waals surface area (Å²) < 4.78 is 5.69. The molecule has 4 rings (SSSR count). The third-order valence-electron chi connectivity index (χ3n) is 4.46. The third-order valence-corrected chi connectivity index (χ3v) is 4.99. The van der Waals surface area contributed by atoms with E-state index >= 15 is 0 Å². The average molecular weight is 437 g/mol. The van der Waals surface area contributed by atoms with E-state index in [1.807, 2.05) is 6.07 Å². The number of carbonyl (C=O) groups excluding carboxylic acids is 3. The number of hydrogen-bond donors (Lipinski definition) is 0. The number of nitrogens with zero attached hydrogens (tertiary/aromatic N) is 2. The van der Waals surface area contributed by atoms with E-state index in [1.165, 1.54) is 36.4 Å². The quantitative estimate of drug-likeness (QED) is 0.533. The summed E-state index contributed by atoms with van der Waals surface area (Å²) in [5.41, 5.74) is 0.116. The Morgan fingerprint density at radius 1 is 0.933 bits per heavy atom. The Balaban J connectivity index is 1.71. The molecule has 0 radical (unpaired) electrons. The smallest absolute Gasteiger partial charge is 0.269 e. The predicted octanol–water partition coefficient (Wildman–Crippen LogP) is 5.09. The molecule has 3 aromatic rings. The van der Waals surface area contributed by atoms with Crippen molar-refractivity contribution in [3.8, 4) is 17.6 Å². The Hall–Kier alpha value is -3.66. The second kappa shape index (κ2) is 7.64. The molecule has 1 aliphatic rings. The first-order chi connectivity index (χ1) is 14.4. The van der Waals surface area contributed by atoms with E-state index < -0.39 is 17.7 Å². The van der Waals surface area contributed by atoms with Crippen molar-refractivity contribution in [3.05, 3.63) is 93.0 Å². The first-order valence-electron chi connectivity index (χ1n) is 8.60. The van der Waals surface area contributed by atoms with Crippen LogP contribution in [0.25, 0.3) is 0 Å². The van der Waals surface area contributed by atoms with Gasteiger partial charge in [-0.2, -0.15) is 5.26 Å². The summed E-state index contributed by atoms with van der Waals surface area (Å²) in [6, 6.07) is 16.8. The van der Waals surface area contributed by atoms with Gasteiger partial charge in [-0.15, -0.1) is 0 Å². The number of carbonyl (C=O) groups is 3. The Labute approximate surface area is 180 Å². The first kappa shape index (κ1) is 19.6. The van der Waals surface area contributed by atoms with Crippen molar-refractivity contribution < 1.29 is 19.1 Å². The zero-order valence-corrected chi connectivity index (χ0v) is 16.6. The molecule has 0 spiro atoms. The second-order valence-corrected chi connectivity index (χ2v) is 7.14. The number of rotatable bonds is 3. The van der Waals surface area contributed by atoms with E-state index in [0.29, 0.717) is 9.92 Å². The fourth-order valence-corrected chi connectivity index (χ4v) is 3.49. The van der Waals surface area contributed by atoms with Crippen LogP contribution < -0.4 is 4.74 Å². The predicted molar refractivity (Wildman–Crippen MR) is 109 cm³/mol. The van der Waals surface area contributed by atoms with Crippen LogP contribution in [0.1, 0.15) is 36.6 Å². The summed E-state index contributed by atoms with van der Waals surface area (Å²) in [5.74, 6) is -1.92. The minimum atomic E-state index is -0.912. The molecule has 0 saturated carbocycles. The van der Waals surface area contributed by atoms with E-state index in [9.17, 15) is 19.6 Å². The summed E-state index contributed by atoms with van der Waals surface area (Å²) in [5, 5.41) is 10.1. The van der Waals surface area contributed by atoms with Gasteiger partial charge >= 0.3 is 0 Å². The van der Waals surface area contributed by atoms with Crippen LogP contribution in [-0.2, 0) is 0 Å². The molecular formula is C22H10Cl2N2O4. The van der Waals surface area contributed by atoms with Crippen molar-refractivity contribution >= 4 is 40.9 Å². The summed E-state index contributed by atoms with van der Waals surface area (Å²) in [7, 11) is 0. The van der Waals surface area contributed by atoms with Crippen molar-refractivity contribution in [1.82, 2.24) is 4.90 Å². The number of ether oxygens (including phenoxy) is 1. The van der Waals surface area contributed by atoms with Crippen molar-refractivity contribution in [3.63, 3.8) is 0 Å². The lowest BCUT2D eigenvalue weighted by molar-refractivity contribution is 0.0566. The average Bonchev–Trinajstić information content (AvgIpc) is 3.00. The molecule has 8 heteroatoms. The molecule has 0 N–H and O–H groups in total. The molecule has 146 valence electrons. The first-order valence-corrected chi connectivity index (χ1v) is 9.35. The van der Waals surface area contributed by atoms with Gasteiger partial charge in [0.1, 0.15) is 11.5 Å². The molecule has 0 unspecified atom stereocenters. The van der Waals surface area contributed by atoms with E-state index in [0.717, 1.165) is 0 Å². The van der Waals surface area contributed by atoms with Crippen LogP contribution in [0.4, 0.5) is 0 Å². The van der Waals surface area contributed by atoms with Crippen LogP contribution in [-0.4, -0.2) is 22.6 Å². The second-order valence-electron chi connectivity index (χ2n) is 6.29. The standard InChI is InChI=1S/C22H10Cl2N2O4/c23-13-6-8-19(18(24)9-13)30-14-7-5-12(11-25)17(10-14)22(29)26-20(27)15-3-1-2-4-16(15)21(26)28/h1-10H. The molecule has 3 aromatic carbocycles. The summed E-state index contributed by atoms with van der Waals surface area (Å²) in [6.45, 7) is 0. The molecule has 1 heterocycles. The van der Waals surface area contributed by atoms with Crippen molar-refractivity contribution in [2.75, 3.05) is 0 Å². The minimum absolute atomic E-state index is 0.00823. The van der Waals surface area contributed by atoms with Gasteiger partial charge in [-0.05, 0) is 48.5 Å². The fourth-order valence-electron chi connectivity index (χ4n) is 3.04. The Morgan fingerprint density at radius 2 is 1.60 bits per heavy atom. The van der Waals surface area contributed by atoms with Crippen molar-refractivity contribution in [1.29, 1.82) is 5.26 Å². The van der Waals surface area contributed by atoms with Crippen LogP contribution in [0.3, 0.4) is 0 Å². The van der Waals surface area contributed by atoms with Crippen molar-refractivity contribution in [2.45, 2.75) is 0 Å². The molecule has 0 atom stereocenters. The highest BCUT2D eigenvalue weighted by Crippen LogP contribution is 2.33. The molecule has 0 fully saturated rings. The highest BCUT2D eigenvalue weighted by molar-refractivity contribution is 6.35. The van der Waals surface area contributed by atoms with Gasteiger partial charge in [0.05, 0.1) is 33.3 Å². The maximum Gasteiger partial charge on any atom is 0.269 e. The monoisotopic (exact) mass is 436 g/mol. The summed E-state index contributed by atoms with van der Waals surface area (Å²) >= 11 is 12.0. The lowest BCUT2D eigenvalue weighted by atomic mass is 10.1. The van der Waals surface area contributed by atoms with Crippen LogP contribution >= 0.6 is 23.2 Å². The fraction of sp³-hybridized carbons (Fsp3) is 0. The number of nitriles is 1. The van der Waals surface area contributed by atoms with Crippen LogP contribution in [0.15, 0.2) is 60.7 Å². The lowest BCUT2D eigenvalue weighted by Gasteiger charge is -2.14. The number of hydrogen-bond acceptors (Lipinski definition) is 5. The zero-order chi connectivity index (χ0) is 21.4. The highest BCUT2D eigenvalue weighted by atomic mass is 35.5. The van der Waals surface area contributed by atoms with Gasteiger partial charge in [-0.1, -0.05) is 35.3 Å². The van der Waals surface area contributed by atoms with Gasteiger partial charge in [-0.25, -0.2) is 4.90 Å². The molecular weight excluding hydrogens is 427 g/mol. The van der Waals surface area contributed by atoms with E-state index in [-0.39, 0.29) is 38.8 Å². The van der Waals surface area contributed by atoms with Crippen LogP contribution in [0.5, 0.6) is 11.5 Å². The Bertz CT molecular complexity index is 1250. The number of amides is 3. The topological polar surface area (TPSA) is 87.5 Å². The zero-order valence-electron chi connectivity index (χ0n) is 15.1. The van der Waals surface area contributed by atoms with Gasteiger partial charge in [0.15, 0.2) is 0 Å². The van der Waals surface area contributed by atoms with E-state index in [2.05, 4.69) is 0 Å². The molecule has 3 amide bonds. The van der Waals surface area contributed by atoms with E-state index in [1.54, 1.807) is 24.3 Å². The third kappa shape index (κ3) is 3.30. The Kier molecular flexibility index (Phi) is 5.00. The number of benzene rings is 3. The Morgan fingerprint density at radius 3 is 2.20 bits per heavy atom. The minimum Gasteiger partial charge on any atom is -0.456 e. The maximum absolute atomic E-state index is 13.1. The molecule has 0 bridgehead atoms. The molecule has 0 aliphatic carbocycles. The van der Waals surface area contributed by atoms with Gasteiger partial charge in [0, 0.05) is 5.02 Å². The van der Waals surface area contributed by atoms with Crippen LogP contribution in [0.2, 0.25) is 10.0 Å². The molecule has 30 heavy (non-hydrogen) atoms. The van der Waals surface area contributed by atoms with Gasteiger partial charge < -0.3 is 4.74 Å². The maximum atomic E-state index is 13.1. The van der Waals surface area contributed by atoms with Gasteiger partial charge in [-0.3, -0.25) is 14.4 Å². The lowest BCUT2D eigenvalue weighted by Crippen LogP contribution is -2.36. The molecule has 1 aliphatic heterocycles. The number of fused-ring (bicyclic) bond motifs is 1. The molecule has 6 nitrogen and oxygen atoms in total. The van der Waals surface area contributed by atoms with Gasteiger partial charge in [0.25, 0.3) is 17.7 Å². The summed E-state index contributed by atoms with van der Waals surface area (Å²) in [6.07, 6.45) is 0. The highest BCUT2D eigenvalue weighted by Gasteiger charge is 2.40. The summed E-state index contributed by atoms with van der Waals surface area (Å²) in [4.78, 5) is 38.8. The number of imide groups is 3. The van der Waals surface area contributed by atoms with Crippen LogP contribution in [0, 0.1) is 11.3 Å². The largest absolute Gasteiger partial charge is 0.456 e. The SMILES string of the molecule is N#Cc1ccc(Oc2ccc(Cl)cc2Cl)cc1C(=O)N1C(=O)c2ccccc2C1=O.